The highest BCUT2D eigenvalue weighted by molar-refractivity contribution is 5.49. The van der Waals surface area contributed by atoms with Crippen LogP contribution in [0.25, 0.3) is 0 Å². The molecule has 0 aliphatic rings. The SMILES string of the molecule is CCN(c1ccccc1)C(CN)c1ccc(C(C)C)cc1. The molecule has 2 nitrogen and oxygen atoms in total. The van der Waals surface area contributed by atoms with E-state index >= 15 is 0 Å². The minimum absolute atomic E-state index is 0.221. The average molecular weight is 282 g/mol. The molecule has 0 radical (unpaired) electrons. The highest BCUT2D eigenvalue weighted by atomic mass is 15.2. The first-order chi connectivity index (χ1) is 10.2. The predicted octanol–water partition coefficient (Wildman–Crippen LogP) is 4.34. The molecule has 2 rings (SSSR count). The summed E-state index contributed by atoms with van der Waals surface area (Å²) in [5.41, 5.74) is 9.96. The quantitative estimate of drug-likeness (QED) is 0.854. The Kier molecular flexibility index (Phi) is 5.40. The minimum atomic E-state index is 0.221. The maximum atomic E-state index is 6.07. The molecule has 0 saturated carbocycles. The molecule has 2 aromatic rings. The van der Waals surface area contributed by atoms with E-state index in [1.54, 1.807) is 0 Å². The maximum absolute atomic E-state index is 6.07. The lowest BCUT2D eigenvalue weighted by Gasteiger charge is -2.32. The van der Waals surface area contributed by atoms with Gasteiger partial charge in [0.2, 0.25) is 0 Å². The Morgan fingerprint density at radius 1 is 0.905 bits per heavy atom. The van der Waals surface area contributed by atoms with Gasteiger partial charge in [-0.15, -0.1) is 0 Å². The molecule has 1 atom stereocenters. The van der Waals surface area contributed by atoms with Crippen LogP contribution in [0.5, 0.6) is 0 Å². The van der Waals surface area contributed by atoms with Crippen molar-refractivity contribution in [3.8, 4) is 0 Å². The molecule has 0 amide bonds. The third-order valence-electron chi connectivity index (χ3n) is 4.02. The molecule has 0 fully saturated rings. The lowest BCUT2D eigenvalue weighted by atomic mass is 9.98. The van der Waals surface area contributed by atoms with E-state index < -0.39 is 0 Å². The van der Waals surface area contributed by atoms with Crippen LogP contribution in [0.15, 0.2) is 54.6 Å². The number of benzene rings is 2. The summed E-state index contributed by atoms with van der Waals surface area (Å²) in [5, 5.41) is 0. The van der Waals surface area contributed by atoms with Crippen LogP contribution in [0.4, 0.5) is 5.69 Å². The minimum Gasteiger partial charge on any atom is -0.363 e. The molecule has 1 unspecified atom stereocenters. The van der Waals surface area contributed by atoms with Crippen molar-refractivity contribution in [3.05, 3.63) is 65.7 Å². The number of hydrogen-bond donors (Lipinski definition) is 1. The molecular weight excluding hydrogens is 256 g/mol. The van der Waals surface area contributed by atoms with Gasteiger partial charge in [0.05, 0.1) is 6.04 Å². The van der Waals surface area contributed by atoms with Crippen LogP contribution in [0.1, 0.15) is 43.9 Å². The van der Waals surface area contributed by atoms with Crippen molar-refractivity contribution in [2.24, 2.45) is 5.73 Å². The van der Waals surface area contributed by atoms with E-state index in [1.807, 2.05) is 6.07 Å². The zero-order valence-electron chi connectivity index (χ0n) is 13.3. The lowest BCUT2D eigenvalue weighted by Crippen LogP contribution is -2.33. The van der Waals surface area contributed by atoms with Gasteiger partial charge in [0.25, 0.3) is 0 Å². The van der Waals surface area contributed by atoms with E-state index in [2.05, 4.69) is 74.2 Å². The summed E-state index contributed by atoms with van der Waals surface area (Å²) in [6, 6.07) is 19.6. The second-order valence-electron chi connectivity index (χ2n) is 5.69. The van der Waals surface area contributed by atoms with E-state index in [4.69, 9.17) is 5.73 Å². The van der Waals surface area contributed by atoms with Crippen molar-refractivity contribution in [2.45, 2.75) is 32.7 Å². The van der Waals surface area contributed by atoms with Gasteiger partial charge in [-0.1, -0.05) is 56.3 Å². The van der Waals surface area contributed by atoms with Gasteiger partial charge in [0.1, 0.15) is 0 Å². The fourth-order valence-electron chi connectivity index (χ4n) is 2.75. The Balaban J connectivity index is 2.29. The number of para-hydroxylation sites is 1. The fraction of sp³-hybridized carbons (Fsp3) is 0.368. The largest absolute Gasteiger partial charge is 0.363 e. The second kappa shape index (κ2) is 7.28. The first-order valence-corrected chi connectivity index (χ1v) is 7.79. The first-order valence-electron chi connectivity index (χ1n) is 7.79. The van der Waals surface area contributed by atoms with Crippen molar-refractivity contribution in [1.82, 2.24) is 0 Å². The number of anilines is 1. The highest BCUT2D eigenvalue weighted by Crippen LogP contribution is 2.27. The lowest BCUT2D eigenvalue weighted by molar-refractivity contribution is 0.643. The highest BCUT2D eigenvalue weighted by Gasteiger charge is 2.18. The van der Waals surface area contributed by atoms with E-state index in [0.29, 0.717) is 12.5 Å². The molecular formula is C19H26N2. The Labute approximate surface area is 128 Å². The normalized spacial score (nSPS) is 12.4. The van der Waals surface area contributed by atoms with Gasteiger partial charge in [-0.2, -0.15) is 0 Å². The summed E-state index contributed by atoms with van der Waals surface area (Å²) in [6.07, 6.45) is 0. The molecule has 0 aromatic heterocycles. The van der Waals surface area contributed by atoms with Gasteiger partial charge in [0, 0.05) is 18.8 Å². The number of nitrogens with two attached hydrogens (primary N) is 1. The van der Waals surface area contributed by atoms with Crippen molar-refractivity contribution in [3.63, 3.8) is 0 Å². The van der Waals surface area contributed by atoms with Gasteiger partial charge in [-0.05, 0) is 36.1 Å². The van der Waals surface area contributed by atoms with E-state index in [-0.39, 0.29) is 6.04 Å². The van der Waals surface area contributed by atoms with Gasteiger partial charge in [0.15, 0.2) is 0 Å². The van der Waals surface area contributed by atoms with Crippen molar-refractivity contribution < 1.29 is 0 Å². The van der Waals surface area contributed by atoms with Crippen LogP contribution < -0.4 is 10.6 Å². The number of likely N-dealkylation sites (N-methyl/N-ethyl adjacent to an activating group) is 1. The van der Waals surface area contributed by atoms with Gasteiger partial charge < -0.3 is 10.6 Å². The topological polar surface area (TPSA) is 29.3 Å². The van der Waals surface area contributed by atoms with Crippen LogP contribution in [0, 0.1) is 0 Å². The van der Waals surface area contributed by atoms with Crippen LogP contribution >= 0.6 is 0 Å². The Hall–Kier alpha value is -1.80. The molecule has 112 valence electrons. The standard InChI is InChI=1S/C19H26N2/c1-4-21(18-8-6-5-7-9-18)19(14-20)17-12-10-16(11-13-17)15(2)3/h5-13,15,19H,4,14,20H2,1-3H3. The van der Waals surface area contributed by atoms with E-state index in [0.717, 1.165) is 6.54 Å². The fourth-order valence-corrected chi connectivity index (χ4v) is 2.75. The predicted molar refractivity (Wildman–Crippen MR) is 91.8 cm³/mol. The molecule has 0 bridgehead atoms. The third kappa shape index (κ3) is 3.64. The Morgan fingerprint density at radius 3 is 1.95 bits per heavy atom. The molecule has 2 aromatic carbocycles. The van der Waals surface area contributed by atoms with Gasteiger partial charge in [-0.3, -0.25) is 0 Å². The molecule has 2 N–H and O–H groups in total. The Bertz CT molecular complexity index is 531. The van der Waals surface area contributed by atoms with Crippen molar-refractivity contribution >= 4 is 5.69 Å². The smallest absolute Gasteiger partial charge is 0.0664 e. The summed E-state index contributed by atoms with van der Waals surface area (Å²) < 4.78 is 0. The summed E-state index contributed by atoms with van der Waals surface area (Å²) in [6.45, 7) is 8.18. The average Bonchev–Trinajstić information content (AvgIpc) is 2.53. The molecule has 2 heteroatoms. The molecule has 0 heterocycles. The first kappa shape index (κ1) is 15.6. The molecule has 0 aliphatic heterocycles. The summed E-state index contributed by atoms with van der Waals surface area (Å²) in [7, 11) is 0. The van der Waals surface area contributed by atoms with E-state index in [1.165, 1.54) is 16.8 Å². The summed E-state index contributed by atoms with van der Waals surface area (Å²) >= 11 is 0. The van der Waals surface area contributed by atoms with Crippen molar-refractivity contribution in [2.75, 3.05) is 18.0 Å². The zero-order valence-corrected chi connectivity index (χ0v) is 13.3. The van der Waals surface area contributed by atoms with E-state index in [9.17, 15) is 0 Å². The molecule has 0 saturated heterocycles. The van der Waals surface area contributed by atoms with Crippen LogP contribution in [-0.2, 0) is 0 Å². The molecule has 21 heavy (non-hydrogen) atoms. The van der Waals surface area contributed by atoms with Crippen LogP contribution in [-0.4, -0.2) is 13.1 Å². The summed E-state index contributed by atoms with van der Waals surface area (Å²) in [5.74, 6) is 0.562. The molecule has 0 aliphatic carbocycles. The monoisotopic (exact) mass is 282 g/mol. The number of rotatable bonds is 6. The van der Waals surface area contributed by atoms with Gasteiger partial charge >= 0.3 is 0 Å². The van der Waals surface area contributed by atoms with Gasteiger partial charge in [-0.25, -0.2) is 0 Å². The zero-order chi connectivity index (χ0) is 15.2. The number of hydrogen-bond acceptors (Lipinski definition) is 2. The summed E-state index contributed by atoms with van der Waals surface area (Å²) in [4.78, 5) is 2.37. The third-order valence-corrected chi connectivity index (χ3v) is 4.02. The maximum Gasteiger partial charge on any atom is 0.0664 e. The van der Waals surface area contributed by atoms with Crippen LogP contribution in [0.3, 0.4) is 0 Å². The van der Waals surface area contributed by atoms with Crippen molar-refractivity contribution in [1.29, 1.82) is 0 Å². The molecule has 0 spiro atoms. The Morgan fingerprint density at radius 2 is 1.48 bits per heavy atom. The second-order valence-corrected chi connectivity index (χ2v) is 5.69. The van der Waals surface area contributed by atoms with Crippen LogP contribution in [0.2, 0.25) is 0 Å². The number of nitrogens with zero attached hydrogens (tertiary/aromatic N) is 1.